The van der Waals surface area contributed by atoms with Crippen molar-refractivity contribution in [3.63, 3.8) is 0 Å². The van der Waals surface area contributed by atoms with Crippen molar-refractivity contribution in [2.45, 2.75) is 64.1 Å². The highest BCUT2D eigenvalue weighted by Gasteiger charge is 2.48. The van der Waals surface area contributed by atoms with Gasteiger partial charge in [-0.2, -0.15) is 0 Å². The van der Waals surface area contributed by atoms with E-state index in [4.69, 9.17) is 0 Å². The number of likely N-dealkylation sites (tertiary alicyclic amines) is 1. The quantitative estimate of drug-likeness (QED) is 0.804. The Morgan fingerprint density at radius 3 is 2.68 bits per heavy atom. The van der Waals surface area contributed by atoms with E-state index in [0.717, 1.165) is 19.3 Å². The zero-order valence-electron chi connectivity index (χ0n) is 11.8. The van der Waals surface area contributed by atoms with Gasteiger partial charge in [0.05, 0.1) is 6.04 Å². The van der Waals surface area contributed by atoms with Crippen LogP contribution in [0, 0.1) is 5.92 Å². The molecule has 2 N–H and O–H groups in total. The van der Waals surface area contributed by atoms with Gasteiger partial charge < -0.3 is 10.4 Å². The van der Waals surface area contributed by atoms with E-state index in [1.165, 1.54) is 6.42 Å². The van der Waals surface area contributed by atoms with Crippen LogP contribution < -0.4 is 5.32 Å². The number of aliphatic carboxylic acids is 1. The molecule has 5 heteroatoms. The molecule has 1 saturated heterocycles. The third-order valence-electron chi connectivity index (χ3n) is 4.60. The lowest BCUT2D eigenvalue weighted by Crippen LogP contribution is -2.53. The van der Waals surface area contributed by atoms with Gasteiger partial charge in [-0.25, -0.2) is 0 Å². The third kappa shape index (κ3) is 2.76. The number of hydrogen-bond donors (Lipinski definition) is 2. The first-order valence-corrected chi connectivity index (χ1v) is 7.34. The monoisotopic (exact) mass is 268 g/mol. The van der Waals surface area contributed by atoms with Gasteiger partial charge in [0.25, 0.3) is 0 Å². The van der Waals surface area contributed by atoms with E-state index in [1.54, 1.807) is 0 Å². The lowest BCUT2D eigenvalue weighted by Gasteiger charge is -2.36. The first-order valence-electron chi connectivity index (χ1n) is 7.34. The summed E-state index contributed by atoms with van der Waals surface area (Å²) in [6, 6.07) is -0.577. The van der Waals surface area contributed by atoms with Gasteiger partial charge >= 0.3 is 5.97 Å². The van der Waals surface area contributed by atoms with Crippen LogP contribution in [0.3, 0.4) is 0 Å². The summed E-state index contributed by atoms with van der Waals surface area (Å²) in [7, 11) is 0. The van der Waals surface area contributed by atoms with Crippen LogP contribution in [0.2, 0.25) is 0 Å². The van der Waals surface area contributed by atoms with Crippen molar-refractivity contribution >= 4 is 11.9 Å². The molecule has 1 saturated carbocycles. The molecule has 0 spiro atoms. The number of amides is 1. The predicted molar refractivity (Wildman–Crippen MR) is 71.8 cm³/mol. The van der Waals surface area contributed by atoms with Crippen LogP contribution in [0.1, 0.15) is 46.0 Å². The molecule has 2 aliphatic rings. The summed E-state index contributed by atoms with van der Waals surface area (Å²) in [6.45, 7) is 4.30. The van der Waals surface area contributed by atoms with Gasteiger partial charge in [-0.15, -0.1) is 0 Å². The number of likely N-dealkylation sites (N-methyl/N-ethyl adjacent to an activating group) is 1. The van der Waals surface area contributed by atoms with Crippen molar-refractivity contribution < 1.29 is 14.7 Å². The second-order valence-corrected chi connectivity index (χ2v) is 5.72. The van der Waals surface area contributed by atoms with Crippen LogP contribution in [0.4, 0.5) is 0 Å². The van der Waals surface area contributed by atoms with Crippen molar-refractivity contribution in [1.29, 1.82) is 0 Å². The van der Waals surface area contributed by atoms with E-state index in [1.807, 2.05) is 18.7 Å². The Labute approximate surface area is 114 Å². The summed E-state index contributed by atoms with van der Waals surface area (Å²) in [4.78, 5) is 25.4. The predicted octanol–water partition coefficient (Wildman–Crippen LogP) is 1.23. The van der Waals surface area contributed by atoms with Crippen LogP contribution in [-0.4, -0.2) is 46.6 Å². The number of nitrogens with one attached hydrogen (secondary N) is 1. The molecular weight excluding hydrogens is 244 g/mol. The van der Waals surface area contributed by atoms with Gasteiger partial charge in [-0.1, -0.05) is 12.8 Å². The summed E-state index contributed by atoms with van der Waals surface area (Å²) in [5, 5.41) is 12.2. The van der Waals surface area contributed by atoms with Crippen molar-refractivity contribution in [2.75, 3.05) is 6.54 Å². The van der Waals surface area contributed by atoms with Crippen LogP contribution in [0.5, 0.6) is 0 Å². The minimum atomic E-state index is -0.787. The highest BCUT2D eigenvalue weighted by atomic mass is 16.4. The zero-order chi connectivity index (χ0) is 14.0. The van der Waals surface area contributed by atoms with Gasteiger partial charge in [0, 0.05) is 12.6 Å². The molecule has 2 fully saturated rings. The Morgan fingerprint density at radius 2 is 2.05 bits per heavy atom. The lowest BCUT2D eigenvalue weighted by atomic mass is 9.84. The van der Waals surface area contributed by atoms with Gasteiger partial charge in [-0.3, -0.25) is 14.5 Å². The molecule has 0 aromatic rings. The maximum atomic E-state index is 12.0. The summed E-state index contributed by atoms with van der Waals surface area (Å²) in [5.41, 5.74) is 0. The Bertz CT molecular complexity index is 359. The molecule has 0 aromatic carbocycles. The summed E-state index contributed by atoms with van der Waals surface area (Å²) < 4.78 is 0. The number of rotatable bonds is 4. The largest absolute Gasteiger partial charge is 0.480 e. The number of carbonyl (C=O) groups is 2. The number of carboxylic acid groups (broad SMARTS) is 1. The SMILES string of the molecule is CCNC(=O)C(C)N1C(C(=O)O)CC2CCCCC21. The molecule has 1 aliphatic heterocycles. The highest BCUT2D eigenvalue weighted by Crippen LogP contribution is 2.40. The molecule has 0 radical (unpaired) electrons. The Kier molecular flexibility index (Phi) is 4.45. The van der Waals surface area contributed by atoms with Gasteiger partial charge in [0.2, 0.25) is 5.91 Å². The summed E-state index contributed by atoms with van der Waals surface area (Å²) in [6.07, 6.45) is 5.16. The minimum absolute atomic E-state index is 0.0556. The minimum Gasteiger partial charge on any atom is -0.480 e. The van der Waals surface area contributed by atoms with E-state index in [0.29, 0.717) is 18.9 Å². The molecule has 4 unspecified atom stereocenters. The molecule has 108 valence electrons. The average Bonchev–Trinajstić information content (AvgIpc) is 2.77. The third-order valence-corrected chi connectivity index (χ3v) is 4.60. The summed E-state index contributed by atoms with van der Waals surface area (Å²) in [5.74, 6) is -0.391. The molecule has 1 amide bonds. The average molecular weight is 268 g/mol. The fraction of sp³-hybridized carbons (Fsp3) is 0.857. The molecule has 2 rings (SSSR count). The van der Waals surface area contributed by atoms with Crippen LogP contribution >= 0.6 is 0 Å². The standard InChI is InChI=1S/C14H24N2O3/c1-3-15-13(17)9(2)16-11-7-5-4-6-10(11)8-12(16)14(18)19/h9-12H,3-8H2,1-2H3,(H,15,17)(H,18,19). The lowest BCUT2D eigenvalue weighted by molar-refractivity contribution is -0.144. The molecule has 1 heterocycles. The molecular formula is C14H24N2O3. The fourth-order valence-corrected chi connectivity index (χ4v) is 3.74. The fourth-order valence-electron chi connectivity index (χ4n) is 3.74. The summed E-state index contributed by atoms with van der Waals surface area (Å²) >= 11 is 0. The van der Waals surface area contributed by atoms with Crippen LogP contribution in [0.15, 0.2) is 0 Å². The number of carboxylic acids is 1. The second kappa shape index (κ2) is 5.90. The highest BCUT2D eigenvalue weighted by molar-refractivity contribution is 5.83. The number of fused-ring (bicyclic) bond motifs is 1. The van der Waals surface area contributed by atoms with Crippen molar-refractivity contribution in [2.24, 2.45) is 5.92 Å². The Morgan fingerprint density at radius 1 is 1.37 bits per heavy atom. The Hall–Kier alpha value is -1.10. The number of nitrogens with zero attached hydrogens (tertiary/aromatic N) is 1. The van der Waals surface area contributed by atoms with E-state index in [-0.39, 0.29) is 18.0 Å². The van der Waals surface area contributed by atoms with Crippen molar-refractivity contribution in [3.05, 3.63) is 0 Å². The van der Waals surface area contributed by atoms with Crippen LogP contribution in [-0.2, 0) is 9.59 Å². The maximum absolute atomic E-state index is 12.0. The first-order chi connectivity index (χ1) is 9.06. The van der Waals surface area contributed by atoms with E-state index < -0.39 is 12.0 Å². The van der Waals surface area contributed by atoms with Crippen LogP contribution in [0.25, 0.3) is 0 Å². The number of carbonyl (C=O) groups excluding carboxylic acids is 1. The van der Waals surface area contributed by atoms with Gasteiger partial charge in [-0.05, 0) is 39.0 Å². The Balaban J connectivity index is 2.17. The molecule has 5 nitrogen and oxygen atoms in total. The van der Waals surface area contributed by atoms with E-state index >= 15 is 0 Å². The molecule has 1 aliphatic carbocycles. The van der Waals surface area contributed by atoms with E-state index in [9.17, 15) is 14.7 Å². The molecule has 19 heavy (non-hydrogen) atoms. The molecule has 4 atom stereocenters. The van der Waals surface area contributed by atoms with Crippen molar-refractivity contribution in [3.8, 4) is 0 Å². The molecule has 0 bridgehead atoms. The first kappa shape index (κ1) is 14.3. The molecule has 0 aromatic heterocycles. The van der Waals surface area contributed by atoms with Gasteiger partial charge in [0.1, 0.15) is 6.04 Å². The van der Waals surface area contributed by atoms with Crippen molar-refractivity contribution in [1.82, 2.24) is 10.2 Å². The van der Waals surface area contributed by atoms with E-state index in [2.05, 4.69) is 5.32 Å². The van der Waals surface area contributed by atoms with Gasteiger partial charge in [0.15, 0.2) is 0 Å². The second-order valence-electron chi connectivity index (χ2n) is 5.72. The normalized spacial score (nSPS) is 32.6. The number of hydrogen-bond acceptors (Lipinski definition) is 3. The zero-order valence-corrected chi connectivity index (χ0v) is 11.8. The topological polar surface area (TPSA) is 69.6 Å². The maximum Gasteiger partial charge on any atom is 0.320 e. The smallest absolute Gasteiger partial charge is 0.320 e.